The Morgan fingerprint density at radius 2 is 1.93 bits per heavy atom. The molecule has 0 aromatic heterocycles. The number of para-hydroxylation sites is 1. The van der Waals surface area contributed by atoms with Crippen LogP contribution in [0.15, 0.2) is 36.4 Å². The number of hydrogen-bond acceptors (Lipinski definition) is 6. The lowest BCUT2D eigenvalue weighted by atomic mass is 10.0. The van der Waals surface area contributed by atoms with E-state index in [1.807, 2.05) is 25.1 Å². The van der Waals surface area contributed by atoms with Crippen molar-refractivity contribution in [2.75, 3.05) is 24.5 Å². The van der Waals surface area contributed by atoms with Gasteiger partial charge in [0.15, 0.2) is 11.5 Å². The molecule has 0 spiro atoms. The molecule has 1 atom stereocenters. The van der Waals surface area contributed by atoms with E-state index in [9.17, 15) is 9.59 Å². The van der Waals surface area contributed by atoms with Gasteiger partial charge in [0.2, 0.25) is 18.6 Å². The lowest BCUT2D eigenvalue weighted by Gasteiger charge is -2.21. The van der Waals surface area contributed by atoms with Crippen LogP contribution in [0.4, 0.5) is 11.4 Å². The number of anilines is 2. The summed E-state index contributed by atoms with van der Waals surface area (Å²) in [5, 5.41) is 5.59. The highest BCUT2D eigenvalue weighted by Crippen LogP contribution is 2.38. The zero-order valence-electron chi connectivity index (χ0n) is 15.8. The number of amides is 2. The van der Waals surface area contributed by atoms with Crippen LogP contribution in [0, 0.1) is 0 Å². The molecule has 8 nitrogen and oxygen atoms in total. The van der Waals surface area contributed by atoms with Crippen molar-refractivity contribution < 1.29 is 23.8 Å². The molecule has 1 heterocycles. The first-order valence-corrected chi connectivity index (χ1v) is 8.95. The Kier molecular flexibility index (Phi) is 5.88. The molecule has 1 aliphatic rings. The van der Waals surface area contributed by atoms with Gasteiger partial charge >= 0.3 is 0 Å². The summed E-state index contributed by atoms with van der Waals surface area (Å²) in [7, 11) is 0. The molecule has 3 rings (SSSR count). The first-order chi connectivity index (χ1) is 13.5. The number of rotatable bonds is 7. The second-order valence-corrected chi connectivity index (χ2v) is 6.27. The topological polar surface area (TPSA) is 112 Å². The van der Waals surface area contributed by atoms with E-state index in [1.165, 1.54) is 6.92 Å². The first-order valence-electron chi connectivity index (χ1n) is 8.95. The number of carbonyl (C=O) groups is 2. The van der Waals surface area contributed by atoms with Gasteiger partial charge in [-0.2, -0.15) is 0 Å². The van der Waals surface area contributed by atoms with Crippen LogP contribution < -0.4 is 30.6 Å². The Bertz CT molecular complexity index is 884. The molecular formula is C20H23N3O5. The van der Waals surface area contributed by atoms with Crippen LogP contribution in [0.2, 0.25) is 0 Å². The molecule has 148 valence electrons. The lowest BCUT2D eigenvalue weighted by molar-refractivity contribution is -0.120. The van der Waals surface area contributed by atoms with E-state index in [1.54, 1.807) is 18.2 Å². The van der Waals surface area contributed by atoms with E-state index in [0.29, 0.717) is 35.2 Å². The van der Waals surface area contributed by atoms with Gasteiger partial charge in [-0.25, -0.2) is 0 Å². The van der Waals surface area contributed by atoms with E-state index in [4.69, 9.17) is 19.9 Å². The SMILES string of the molecule is CCOc1ccccc1C(CC(=O)Nc1cc2c(cc1N)OCO2)NC(C)=O. The Morgan fingerprint density at radius 1 is 1.21 bits per heavy atom. The molecule has 0 radical (unpaired) electrons. The standard InChI is InChI=1S/C20H23N3O5/c1-3-26-17-7-5-4-6-13(17)15(22-12(2)24)10-20(25)23-16-9-19-18(8-14(16)21)27-11-28-19/h4-9,15H,3,10-11,21H2,1-2H3,(H,22,24)(H,23,25). The number of nitrogens with two attached hydrogens (primary N) is 1. The van der Waals surface area contributed by atoms with Gasteiger partial charge in [0, 0.05) is 24.6 Å². The zero-order chi connectivity index (χ0) is 20.1. The quantitative estimate of drug-likeness (QED) is 0.632. The van der Waals surface area contributed by atoms with Crippen molar-refractivity contribution in [1.82, 2.24) is 5.32 Å². The van der Waals surface area contributed by atoms with Crippen LogP contribution in [0.25, 0.3) is 0 Å². The average Bonchev–Trinajstić information content (AvgIpc) is 3.09. The number of fused-ring (bicyclic) bond motifs is 1. The number of nitrogen functional groups attached to an aromatic ring is 1. The second-order valence-electron chi connectivity index (χ2n) is 6.27. The molecule has 2 amide bonds. The third-order valence-electron chi connectivity index (χ3n) is 4.18. The summed E-state index contributed by atoms with van der Waals surface area (Å²) >= 11 is 0. The molecule has 1 unspecified atom stereocenters. The van der Waals surface area contributed by atoms with Gasteiger partial charge in [0.25, 0.3) is 0 Å². The van der Waals surface area contributed by atoms with Crippen molar-refractivity contribution >= 4 is 23.2 Å². The fourth-order valence-corrected chi connectivity index (χ4v) is 2.99. The highest BCUT2D eigenvalue weighted by atomic mass is 16.7. The van der Waals surface area contributed by atoms with Crippen LogP contribution in [-0.2, 0) is 9.59 Å². The van der Waals surface area contributed by atoms with Crippen molar-refractivity contribution in [3.8, 4) is 17.2 Å². The Labute approximate surface area is 163 Å². The van der Waals surface area contributed by atoms with Crippen molar-refractivity contribution in [3.05, 3.63) is 42.0 Å². The lowest BCUT2D eigenvalue weighted by Crippen LogP contribution is -2.30. The third-order valence-corrected chi connectivity index (χ3v) is 4.18. The van der Waals surface area contributed by atoms with E-state index in [2.05, 4.69) is 10.6 Å². The molecule has 0 aliphatic carbocycles. The van der Waals surface area contributed by atoms with Crippen LogP contribution in [0.3, 0.4) is 0 Å². The van der Waals surface area contributed by atoms with Gasteiger partial charge in [-0.05, 0) is 13.0 Å². The summed E-state index contributed by atoms with van der Waals surface area (Å²) in [6.45, 7) is 3.87. The minimum absolute atomic E-state index is 0.0115. The molecule has 4 N–H and O–H groups in total. The summed E-state index contributed by atoms with van der Waals surface area (Å²) in [4.78, 5) is 24.4. The average molecular weight is 385 g/mol. The van der Waals surface area contributed by atoms with Crippen molar-refractivity contribution in [2.24, 2.45) is 0 Å². The number of hydrogen-bond donors (Lipinski definition) is 3. The van der Waals surface area contributed by atoms with E-state index in [0.717, 1.165) is 5.56 Å². The molecule has 8 heteroatoms. The van der Waals surface area contributed by atoms with Crippen molar-refractivity contribution in [2.45, 2.75) is 26.3 Å². The minimum atomic E-state index is -0.546. The number of ether oxygens (including phenoxy) is 3. The van der Waals surface area contributed by atoms with Gasteiger partial charge in [-0.15, -0.1) is 0 Å². The van der Waals surface area contributed by atoms with Gasteiger partial charge in [-0.1, -0.05) is 18.2 Å². The molecule has 0 saturated heterocycles. The number of benzene rings is 2. The monoisotopic (exact) mass is 385 g/mol. The molecule has 28 heavy (non-hydrogen) atoms. The normalized spacial score (nSPS) is 12.9. The number of carbonyl (C=O) groups excluding carboxylic acids is 2. The second kappa shape index (κ2) is 8.51. The van der Waals surface area contributed by atoms with Crippen LogP contribution in [-0.4, -0.2) is 25.2 Å². The van der Waals surface area contributed by atoms with E-state index < -0.39 is 6.04 Å². The fraction of sp³-hybridized carbons (Fsp3) is 0.300. The highest BCUT2D eigenvalue weighted by molar-refractivity contribution is 5.95. The van der Waals surface area contributed by atoms with E-state index >= 15 is 0 Å². The van der Waals surface area contributed by atoms with Crippen molar-refractivity contribution in [3.63, 3.8) is 0 Å². The third kappa shape index (κ3) is 4.46. The number of nitrogens with one attached hydrogen (secondary N) is 2. The van der Waals surface area contributed by atoms with Gasteiger partial charge in [0.1, 0.15) is 5.75 Å². The van der Waals surface area contributed by atoms with Gasteiger partial charge in [0.05, 0.1) is 30.4 Å². The fourth-order valence-electron chi connectivity index (χ4n) is 2.99. The Balaban J connectivity index is 1.78. The molecule has 0 fully saturated rings. The summed E-state index contributed by atoms with van der Waals surface area (Å²) in [5.41, 5.74) is 7.51. The Hall–Kier alpha value is -3.42. The minimum Gasteiger partial charge on any atom is -0.494 e. The maximum atomic E-state index is 12.7. The largest absolute Gasteiger partial charge is 0.494 e. The molecule has 0 saturated carbocycles. The summed E-state index contributed by atoms with van der Waals surface area (Å²) < 4.78 is 16.2. The maximum Gasteiger partial charge on any atom is 0.231 e. The molecule has 1 aliphatic heterocycles. The highest BCUT2D eigenvalue weighted by Gasteiger charge is 2.22. The molecule has 2 aromatic carbocycles. The van der Waals surface area contributed by atoms with Crippen LogP contribution in [0.1, 0.15) is 31.9 Å². The molecular weight excluding hydrogens is 362 g/mol. The van der Waals surface area contributed by atoms with Crippen LogP contribution in [0.5, 0.6) is 17.2 Å². The predicted molar refractivity (Wildman–Crippen MR) is 104 cm³/mol. The van der Waals surface area contributed by atoms with Gasteiger partial charge < -0.3 is 30.6 Å². The Morgan fingerprint density at radius 3 is 2.64 bits per heavy atom. The molecule has 2 aromatic rings. The van der Waals surface area contributed by atoms with E-state index in [-0.39, 0.29) is 25.0 Å². The zero-order valence-corrected chi connectivity index (χ0v) is 15.8. The summed E-state index contributed by atoms with van der Waals surface area (Å²) in [6.07, 6.45) is 0.0115. The smallest absolute Gasteiger partial charge is 0.231 e. The van der Waals surface area contributed by atoms with Crippen molar-refractivity contribution in [1.29, 1.82) is 0 Å². The van der Waals surface area contributed by atoms with Crippen LogP contribution >= 0.6 is 0 Å². The molecule has 0 bridgehead atoms. The predicted octanol–water partition coefficient (Wildman–Crippen LogP) is 2.60. The maximum absolute atomic E-state index is 12.7. The first kappa shape index (κ1) is 19.3. The van der Waals surface area contributed by atoms with Gasteiger partial charge in [-0.3, -0.25) is 9.59 Å². The summed E-state index contributed by atoms with van der Waals surface area (Å²) in [6, 6.07) is 9.99. The summed E-state index contributed by atoms with van der Waals surface area (Å²) in [5.74, 6) is 1.13.